The molecule has 1 saturated heterocycles. The van der Waals surface area contributed by atoms with Gasteiger partial charge in [0.2, 0.25) is 5.91 Å². The lowest BCUT2D eigenvalue weighted by Crippen LogP contribution is -2.39. The predicted molar refractivity (Wildman–Crippen MR) is 149 cm³/mol. The van der Waals surface area contributed by atoms with Crippen LogP contribution in [0.3, 0.4) is 0 Å². The topological polar surface area (TPSA) is 74.4 Å². The molecule has 1 aliphatic heterocycles. The van der Waals surface area contributed by atoms with Gasteiger partial charge in [-0.05, 0) is 69.6 Å². The third-order valence-electron chi connectivity index (χ3n) is 7.36. The number of nitrogens with zero attached hydrogens (tertiary/aromatic N) is 4. The van der Waals surface area contributed by atoms with Gasteiger partial charge in [-0.1, -0.05) is 38.5 Å². The summed E-state index contributed by atoms with van der Waals surface area (Å²) >= 11 is 0. The molecule has 1 saturated carbocycles. The first-order valence-corrected chi connectivity index (χ1v) is 14.0. The van der Waals surface area contributed by atoms with Gasteiger partial charge in [0, 0.05) is 51.2 Å². The van der Waals surface area contributed by atoms with Crippen LogP contribution in [0, 0.1) is 17.8 Å². The Hall–Kier alpha value is -2.12. The molecule has 7 heteroatoms. The van der Waals surface area contributed by atoms with E-state index in [-0.39, 0.29) is 17.9 Å². The van der Waals surface area contributed by atoms with Crippen molar-refractivity contribution in [1.82, 2.24) is 14.8 Å². The largest absolute Gasteiger partial charge is 0.398 e. The zero-order chi connectivity index (χ0) is 26.1. The number of carbonyl (C=O) groups excluding carboxylic acids is 1. The molecular weight excluding hydrogens is 450 g/mol. The molecule has 36 heavy (non-hydrogen) atoms. The van der Waals surface area contributed by atoms with Crippen LogP contribution in [-0.2, 0) is 9.53 Å². The zero-order valence-corrected chi connectivity index (χ0v) is 23.3. The minimum Gasteiger partial charge on any atom is -0.398 e. The van der Waals surface area contributed by atoms with E-state index in [0.717, 1.165) is 88.1 Å². The Morgan fingerprint density at radius 3 is 2.72 bits per heavy atom. The first kappa shape index (κ1) is 28.5. The average Bonchev–Trinajstić information content (AvgIpc) is 3.68. The summed E-state index contributed by atoms with van der Waals surface area (Å²) in [6.07, 6.45) is 12.5. The molecule has 2 aliphatic carbocycles. The highest BCUT2D eigenvalue weighted by Gasteiger charge is 2.31. The molecule has 0 spiro atoms. The van der Waals surface area contributed by atoms with Gasteiger partial charge < -0.3 is 15.4 Å². The van der Waals surface area contributed by atoms with Crippen molar-refractivity contribution in [2.45, 2.75) is 66.3 Å². The van der Waals surface area contributed by atoms with Crippen LogP contribution >= 0.6 is 0 Å². The molecule has 2 N–H and O–H groups in total. The Morgan fingerprint density at radius 2 is 2.06 bits per heavy atom. The molecule has 202 valence electrons. The van der Waals surface area contributed by atoms with Gasteiger partial charge in [0.05, 0.1) is 18.6 Å². The highest BCUT2D eigenvalue weighted by Crippen LogP contribution is 2.33. The van der Waals surface area contributed by atoms with Gasteiger partial charge in [-0.15, -0.1) is 0 Å². The van der Waals surface area contributed by atoms with Gasteiger partial charge >= 0.3 is 0 Å². The van der Waals surface area contributed by atoms with Crippen LogP contribution in [0.15, 0.2) is 40.2 Å². The normalized spacial score (nSPS) is 22.7. The van der Waals surface area contributed by atoms with Gasteiger partial charge in [-0.3, -0.25) is 14.7 Å². The van der Waals surface area contributed by atoms with E-state index in [1.807, 2.05) is 31.0 Å². The van der Waals surface area contributed by atoms with E-state index in [1.165, 1.54) is 12.8 Å². The molecule has 2 atom stereocenters. The standard InChI is InChI=1S/C29H49N5O2/c1-6-28(34(31-7-2)20-24-9-10-24)26-12-11-25(23(5)19-27(26)30)29(35)33-14-8-13-32(15-16-33)17-18-36-21-22(3)4/h7,11-12,19,22,24-25,28H,6,8-10,13-18,20-21,30H2,1-5H3/b31-7-. The molecule has 3 aliphatic rings. The second-order valence-corrected chi connectivity index (χ2v) is 11.0. The molecule has 1 amide bonds. The Labute approximate surface area is 219 Å². The van der Waals surface area contributed by atoms with Crippen molar-refractivity contribution in [3.8, 4) is 0 Å². The van der Waals surface area contributed by atoms with Gasteiger partial charge in [-0.25, -0.2) is 0 Å². The summed E-state index contributed by atoms with van der Waals surface area (Å²) in [5.41, 5.74) is 9.45. The van der Waals surface area contributed by atoms with Crippen molar-refractivity contribution >= 4 is 12.1 Å². The molecule has 2 unspecified atom stereocenters. The van der Waals surface area contributed by atoms with Crippen LogP contribution in [0.25, 0.3) is 0 Å². The van der Waals surface area contributed by atoms with Crippen LogP contribution < -0.4 is 5.73 Å². The second-order valence-electron chi connectivity index (χ2n) is 11.0. The number of allylic oxidation sites excluding steroid dienone is 1. The smallest absolute Gasteiger partial charge is 0.233 e. The average molecular weight is 500 g/mol. The van der Waals surface area contributed by atoms with E-state index >= 15 is 0 Å². The minimum atomic E-state index is -0.272. The second kappa shape index (κ2) is 14.0. The van der Waals surface area contributed by atoms with E-state index in [1.54, 1.807) is 0 Å². The van der Waals surface area contributed by atoms with Crippen molar-refractivity contribution < 1.29 is 9.53 Å². The van der Waals surface area contributed by atoms with E-state index in [2.05, 4.69) is 42.8 Å². The maximum Gasteiger partial charge on any atom is 0.233 e. The molecule has 0 aromatic rings. The summed E-state index contributed by atoms with van der Waals surface area (Å²) in [7, 11) is 0. The fraction of sp³-hybridized carbons (Fsp3) is 0.724. The third-order valence-corrected chi connectivity index (χ3v) is 7.36. The quantitative estimate of drug-likeness (QED) is 0.249. The lowest BCUT2D eigenvalue weighted by Gasteiger charge is -2.30. The zero-order valence-electron chi connectivity index (χ0n) is 23.3. The molecule has 2 fully saturated rings. The monoisotopic (exact) mass is 499 g/mol. The number of hydrazone groups is 1. The van der Waals surface area contributed by atoms with Crippen LogP contribution in [0.5, 0.6) is 0 Å². The van der Waals surface area contributed by atoms with E-state index in [4.69, 9.17) is 15.6 Å². The number of hydrogen-bond acceptors (Lipinski definition) is 6. The number of carbonyl (C=O) groups is 1. The Bertz CT molecular complexity index is 843. The van der Waals surface area contributed by atoms with Crippen molar-refractivity contribution in [1.29, 1.82) is 0 Å². The minimum absolute atomic E-state index is 0.112. The first-order chi connectivity index (χ1) is 17.3. The molecule has 1 heterocycles. The highest BCUT2D eigenvalue weighted by molar-refractivity contribution is 5.84. The van der Waals surface area contributed by atoms with Gasteiger partial charge in [-0.2, -0.15) is 5.10 Å². The lowest BCUT2D eigenvalue weighted by atomic mass is 9.98. The van der Waals surface area contributed by atoms with Crippen LogP contribution in [-0.4, -0.2) is 85.5 Å². The van der Waals surface area contributed by atoms with Crippen molar-refractivity contribution in [2.75, 3.05) is 52.5 Å². The van der Waals surface area contributed by atoms with Crippen molar-refractivity contribution in [3.63, 3.8) is 0 Å². The maximum absolute atomic E-state index is 13.7. The lowest BCUT2D eigenvalue weighted by molar-refractivity contribution is -0.132. The summed E-state index contributed by atoms with van der Waals surface area (Å²) in [5.74, 6) is 1.20. The number of amides is 1. The summed E-state index contributed by atoms with van der Waals surface area (Å²) in [4.78, 5) is 18.1. The molecule has 7 nitrogen and oxygen atoms in total. The van der Waals surface area contributed by atoms with Crippen molar-refractivity contribution in [2.24, 2.45) is 28.6 Å². The molecule has 0 aromatic heterocycles. The maximum atomic E-state index is 13.7. The third kappa shape index (κ3) is 8.20. The van der Waals surface area contributed by atoms with Crippen LogP contribution in [0.2, 0.25) is 0 Å². The Balaban J connectivity index is 1.64. The summed E-state index contributed by atoms with van der Waals surface area (Å²) < 4.78 is 5.77. The number of ether oxygens (including phenoxy) is 1. The fourth-order valence-electron chi connectivity index (χ4n) is 5.13. The highest BCUT2D eigenvalue weighted by atomic mass is 16.5. The molecule has 0 aromatic carbocycles. The van der Waals surface area contributed by atoms with E-state index < -0.39 is 0 Å². The number of nitrogens with two attached hydrogens (primary N) is 1. The number of rotatable bonds is 12. The number of hydrogen-bond donors (Lipinski definition) is 1. The molecule has 0 bridgehead atoms. The van der Waals surface area contributed by atoms with Gasteiger partial charge in [0.1, 0.15) is 0 Å². The van der Waals surface area contributed by atoms with Crippen LogP contribution in [0.1, 0.15) is 60.3 Å². The SMILES string of the molecule is C/C=N\N(CC1CC1)C(CC)C1=C(N)C=C(C)C(C(=O)N2CCCN(CCOCC(C)C)CC2)C=C1. The summed E-state index contributed by atoms with van der Waals surface area (Å²) in [5, 5.41) is 6.89. The van der Waals surface area contributed by atoms with E-state index in [9.17, 15) is 4.79 Å². The molecular formula is C29H49N5O2. The Morgan fingerprint density at radius 1 is 1.28 bits per heavy atom. The fourth-order valence-corrected chi connectivity index (χ4v) is 5.13. The van der Waals surface area contributed by atoms with Crippen LogP contribution in [0.4, 0.5) is 0 Å². The molecule has 0 radical (unpaired) electrons. The summed E-state index contributed by atoms with van der Waals surface area (Å²) in [6, 6.07) is 0.112. The molecule has 3 rings (SSSR count). The Kier molecular flexibility index (Phi) is 11.1. The van der Waals surface area contributed by atoms with Gasteiger partial charge in [0.25, 0.3) is 0 Å². The van der Waals surface area contributed by atoms with Crippen molar-refractivity contribution in [3.05, 3.63) is 35.1 Å². The van der Waals surface area contributed by atoms with E-state index in [0.29, 0.717) is 5.92 Å². The first-order valence-electron chi connectivity index (χ1n) is 14.0. The summed E-state index contributed by atoms with van der Waals surface area (Å²) in [6.45, 7) is 17.4. The van der Waals surface area contributed by atoms with Gasteiger partial charge in [0.15, 0.2) is 0 Å². The predicted octanol–water partition coefficient (Wildman–Crippen LogP) is 4.03.